The molecule has 1 aliphatic heterocycles. The first kappa shape index (κ1) is 15.7. The molecule has 0 bridgehead atoms. The van der Waals surface area contributed by atoms with E-state index in [0.29, 0.717) is 26.2 Å². The molecule has 1 unspecified atom stereocenters. The smallest absolute Gasteiger partial charge is 0.387 e. The number of nitrogens with zero attached hydrogens (tertiary/aromatic N) is 1. The van der Waals surface area contributed by atoms with E-state index in [1.165, 1.54) is 12.1 Å². The van der Waals surface area contributed by atoms with Gasteiger partial charge in [0.05, 0.1) is 18.3 Å². The third-order valence-corrected chi connectivity index (χ3v) is 3.19. The number of ether oxygens (including phenoxy) is 2. The lowest BCUT2D eigenvalue weighted by Crippen LogP contribution is -2.48. The number of carbonyl (C=O) groups excluding carboxylic acids is 1. The van der Waals surface area contributed by atoms with Crippen molar-refractivity contribution >= 4 is 5.91 Å². The van der Waals surface area contributed by atoms with Crippen molar-refractivity contribution < 1.29 is 23.0 Å². The molecule has 1 atom stereocenters. The summed E-state index contributed by atoms with van der Waals surface area (Å²) in [5.41, 5.74) is 0.142. The van der Waals surface area contributed by atoms with E-state index >= 15 is 0 Å². The van der Waals surface area contributed by atoms with E-state index in [1.54, 1.807) is 24.1 Å². The maximum Gasteiger partial charge on any atom is 0.387 e. The summed E-state index contributed by atoms with van der Waals surface area (Å²) in [5, 5.41) is 2.99. The van der Waals surface area contributed by atoms with Crippen molar-refractivity contribution in [2.45, 2.75) is 12.7 Å². The molecule has 1 fully saturated rings. The molecule has 5 nitrogen and oxygen atoms in total. The highest BCUT2D eigenvalue weighted by Gasteiger charge is 2.26. The fraction of sp³-hybridized carbons (Fsp3) is 0.500. The van der Waals surface area contributed by atoms with Crippen LogP contribution < -0.4 is 10.1 Å². The van der Waals surface area contributed by atoms with Crippen LogP contribution in [-0.4, -0.2) is 56.8 Å². The number of alkyl halides is 2. The van der Waals surface area contributed by atoms with Gasteiger partial charge < -0.3 is 19.7 Å². The van der Waals surface area contributed by atoms with Crippen LogP contribution in [0, 0.1) is 0 Å². The van der Waals surface area contributed by atoms with Crippen LogP contribution in [-0.2, 0) is 4.74 Å². The van der Waals surface area contributed by atoms with Crippen molar-refractivity contribution in [3.05, 3.63) is 29.8 Å². The monoisotopic (exact) mass is 300 g/mol. The lowest BCUT2D eigenvalue weighted by atomic mass is 10.1. The number of carbonyl (C=O) groups is 1. The number of hydrogen-bond acceptors (Lipinski definition) is 4. The average molecular weight is 300 g/mol. The molecule has 1 saturated heterocycles. The van der Waals surface area contributed by atoms with Gasteiger partial charge in [0, 0.05) is 19.6 Å². The zero-order valence-corrected chi connectivity index (χ0v) is 11.7. The molecular weight excluding hydrogens is 282 g/mol. The summed E-state index contributed by atoms with van der Waals surface area (Å²) in [6.07, 6.45) is -0.101. The number of morpholine rings is 1. The van der Waals surface area contributed by atoms with E-state index in [9.17, 15) is 13.6 Å². The number of hydrogen-bond donors (Lipinski definition) is 1. The Kier molecular flexibility index (Phi) is 5.46. The van der Waals surface area contributed by atoms with Crippen molar-refractivity contribution in [1.82, 2.24) is 10.2 Å². The topological polar surface area (TPSA) is 50.8 Å². The van der Waals surface area contributed by atoms with Crippen molar-refractivity contribution in [2.75, 3.05) is 33.3 Å². The molecule has 7 heteroatoms. The van der Waals surface area contributed by atoms with Gasteiger partial charge in [0.15, 0.2) is 0 Å². The number of benzene rings is 1. The van der Waals surface area contributed by atoms with Gasteiger partial charge in [0.1, 0.15) is 5.75 Å². The minimum Gasteiger partial charge on any atom is -0.434 e. The van der Waals surface area contributed by atoms with Crippen molar-refractivity contribution in [2.24, 2.45) is 0 Å². The Balaban J connectivity index is 2.12. The van der Waals surface area contributed by atoms with Gasteiger partial charge in [-0.3, -0.25) is 4.79 Å². The van der Waals surface area contributed by atoms with Crippen molar-refractivity contribution in [3.63, 3.8) is 0 Å². The van der Waals surface area contributed by atoms with Gasteiger partial charge in [-0.1, -0.05) is 12.1 Å². The first-order valence-electron chi connectivity index (χ1n) is 6.71. The number of para-hydroxylation sites is 1. The normalized spacial score (nSPS) is 18.9. The maximum atomic E-state index is 12.5. The molecule has 0 aliphatic carbocycles. The Labute approximate surface area is 121 Å². The Hall–Kier alpha value is -1.73. The molecule has 116 valence electrons. The molecule has 1 heterocycles. The number of rotatable bonds is 5. The van der Waals surface area contributed by atoms with Gasteiger partial charge in [-0.25, -0.2) is 0 Å². The largest absolute Gasteiger partial charge is 0.434 e. The minimum atomic E-state index is -2.96. The molecule has 1 amide bonds. The highest BCUT2D eigenvalue weighted by atomic mass is 19.3. The Morgan fingerprint density at radius 1 is 1.52 bits per heavy atom. The molecule has 21 heavy (non-hydrogen) atoms. The average Bonchev–Trinajstić information content (AvgIpc) is 2.47. The summed E-state index contributed by atoms with van der Waals surface area (Å²) >= 11 is 0. The lowest BCUT2D eigenvalue weighted by molar-refractivity contribution is -0.0507. The lowest BCUT2D eigenvalue weighted by Gasteiger charge is -2.33. The molecule has 0 aromatic heterocycles. The second kappa shape index (κ2) is 7.33. The van der Waals surface area contributed by atoms with Gasteiger partial charge in [-0.05, 0) is 19.2 Å². The number of halogens is 2. The van der Waals surface area contributed by atoms with Crippen LogP contribution in [0.3, 0.4) is 0 Å². The van der Waals surface area contributed by atoms with Crippen LogP contribution in [0.25, 0.3) is 0 Å². The SMILES string of the molecule is CNCC1CN(C(=O)c2ccccc2OC(F)F)CCO1. The van der Waals surface area contributed by atoms with Gasteiger partial charge in [-0.15, -0.1) is 0 Å². The van der Waals surface area contributed by atoms with E-state index in [4.69, 9.17) is 4.74 Å². The quantitative estimate of drug-likeness (QED) is 0.892. The molecule has 0 spiro atoms. The van der Waals surface area contributed by atoms with Gasteiger partial charge >= 0.3 is 6.61 Å². The predicted octanol–water partition coefficient (Wildman–Crippen LogP) is 1.35. The number of likely N-dealkylation sites (N-methyl/N-ethyl adjacent to an activating group) is 1. The molecule has 0 saturated carbocycles. The Morgan fingerprint density at radius 2 is 2.29 bits per heavy atom. The van der Waals surface area contributed by atoms with Crippen LogP contribution >= 0.6 is 0 Å². The molecule has 1 N–H and O–H groups in total. The van der Waals surface area contributed by atoms with E-state index < -0.39 is 6.61 Å². The summed E-state index contributed by atoms with van der Waals surface area (Å²) in [6, 6.07) is 6.03. The second-order valence-electron chi connectivity index (χ2n) is 4.68. The summed E-state index contributed by atoms with van der Waals surface area (Å²) in [5.74, 6) is -0.426. The molecule has 0 radical (unpaired) electrons. The number of amides is 1. The summed E-state index contributed by atoms with van der Waals surface area (Å²) in [4.78, 5) is 14.1. The van der Waals surface area contributed by atoms with E-state index in [-0.39, 0.29) is 23.3 Å². The highest BCUT2D eigenvalue weighted by molar-refractivity contribution is 5.97. The summed E-state index contributed by atoms with van der Waals surface area (Å²) in [6.45, 7) is -1.06. The third kappa shape index (κ3) is 4.12. The van der Waals surface area contributed by atoms with E-state index in [2.05, 4.69) is 10.1 Å². The van der Waals surface area contributed by atoms with Crippen LogP contribution in [0.1, 0.15) is 10.4 Å². The van der Waals surface area contributed by atoms with Gasteiger partial charge in [0.25, 0.3) is 5.91 Å². The summed E-state index contributed by atoms with van der Waals surface area (Å²) < 4.78 is 34.7. The van der Waals surface area contributed by atoms with Crippen molar-refractivity contribution in [1.29, 1.82) is 0 Å². The highest BCUT2D eigenvalue weighted by Crippen LogP contribution is 2.22. The van der Waals surface area contributed by atoms with Crippen molar-refractivity contribution in [3.8, 4) is 5.75 Å². The number of nitrogens with one attached hydrogen (secondary N) is 1. The van der Waals surface area contributed by atoms with E-state index in [1.807, 2.05) is 0 Å². The Morgan fingerprint density at radius 3 is 3.00 bits per heavy atom. The molecule has 1 aliphatic rings. The van der Waals surface area contributed by atoms with Crippen LogP contribution in [0.15, 0.2) is 24.3 Å². The summed E-state index contributed by atoms with van der Waals surface area (Å²) in [7, 11) is 1.80. The Bertz CT molecular complexity index is 483. The fourth-order valence-corrected chi connectivity index (χ4v) is 2.27. The maximum absolute atomic E-state index is 12.5. The van der Waals surface area contributed by atoms with Gasteiger partial charge in [0.2, 0.25) is 0 Å². The first-order valence-corrected chi connectivity index (χ1v) is 6.71. The van der Waals surface area contributed by atoms with Gasteiger partial charge in [-0.2, -0.15) is 8.78 Å². The predicted molar refractivity (Wildman–Crippen MR) is 72.6 cm³/mol. The van der Waals surface area contributed by atoms with Crippen LogP contribution in [0.4, 0.5) is 8.78 Å². The van der Waals surface area contributed by atoms with Crippen LogP contribution in [0.5, 0.6) is 5.75 Å². The molecular formula is C14H18F2N2O3. The zero-order valence-electron chi connectivity index (χ0n) is 11.7. The fourth-order valence-electron chi connectivity index (χ4n) is 2.27. The molecule has 1 aromatic rings. The molecule has 1 aromatic carbocycles. The third-order valence-electron chi connectivity index (χ3n) is 3.19. The van der Waals surface area contributed by atoms with E-state index in [0.717, 1.165) is 0 Å². The standard InChI is InChI=1S/C14H18F2N2O3/c1-17-8-10-9-18(6-7-20-10)13(19)11-4-2-3-5-12(11)21-14(15)16/h2-5,10,14,17H,6-9H2,1H3. The first-order chi connectivity index (χ1) is 10.1. The minimum absolute atomic E-state index is 0.101. The van der Waals surface area contributed by atoms with Crippen LogP contribution in [0.2, 0.25) is 0 Å². The zero-order chi connectivity index (χ0) is 15.2. The molecule has 2 rings (SSSR count). The second-order valence-corrected chi connectivity index (χ2v) is 4.68.